The second-order valence-electron chi connectivity index (χ2n) is 5.15. The van der Waals surface area contributed by atoms with Gasteiger partial charge >= 0.3 is 0 Å². The van der Waals surface area contributed by atoms with Gasteiger partial charge in [-0.25, -0.2) is 4.98 Å². The second-order valence-corrected chi connectivity index (χ2v) is 5.15. The van der Waals surface area contributed by atoms with Crippen LogP contribution in [-0.2, 0) is 6.54 Å². The minimum absolute atomic E-state index is 0.474. The molecule has 0 aliphatic carbocycles. The Labute approximate surface area is 105 Å². The Morgan fingerprint density at radius 1 is 1.24 bits per heavy atom. The predicted octanol–water partition coefficient (Wildman–Crippen LogP) is 2.73. The van der Waals surface area contributed by atoms with Crippen LogP contribution in [0.15, 0.2) is 12.1 Å². The highest BCUT2D eigenvalue weighted by molar-refractivity contribution is 5.41. The van der Waals surface area contributed by atoms with Crippen LogP contribution < -0.4 is 10.2 Å². The Morgan fingerprint density at radius 3 is 2.35 bits per heavy atom. The summed E-state index contributed by atoms with van der Waals surface area (Å²) in [6, 6.07) is 5.25. The molecule has 0 saturated heterocycles. The van der Waals surface area contributed by atoms with Crippen molar-refractivity contribution in [2.45, 2.75) is 53.2 Å². The SMILES string of the molecule is Cc1nc(N(C)C(C)C)ccc1CNC(C)C. The molecule has 0 aliphatic rings. The van der Waals surface area contributed by atoms with Crippen molar-refractivity contribution in [3.63, 3.8) is 0 Å². The van der Waals surface area contributed by atoms with Gasteiger partial charge in [-0.15, -0.1) is 0 Å². The first-order valence-electron chi connectivity index (χ1n) is 6.34. The van der Waals surface area contributed by atoms with Gasteiger partial charge in [0.25, 0.3) is 0 Å². The van der Waals surface area contributed by atoms with Crippen LogP contribution in [0.2, 0.25) is 0 Å². The number of nitrogens with zero attached hydrogens (tertiary/aromatic N) is 2. The largest absolute Gasteiger partial charge is 0.357 e. The van der Waals surface area contributed by atoms with Crippen LogP contribution in [0.25, 0.3) is 0 Å². The zero-order chi connectivity index (χ0) is 13.0. The maximum Gasteiger partial charge on any atom is 0.128 e. The zero-order valence-corrected chi connectivity index (χ0v) is 11.9. The number of rotatable bonds is 5. The van der Waals surface area contributed by atoms with Crippen molar-refractivity contribution >= 4 is 5.82 Å². The van der Waals surface area contributed by atoms with Gasteiger partial charge in [0.05, 0.1) is 0 Å². The Kier molecular flexibility index (Phi) is 4.94. The lowest BCUT2D eigenvalue weighted by Crippen LogP contribution is -2.27. The van der Waals surface area contributed by atoms with Gasteiger partial charge in [0.2, 0.25) is 0 Å². The fraction of sp³-hybridized carbons (Fsp3) is 0.643. The standard InChI is InChI=1S/C14H25N3/c1-10(2)15-9-13-7-8-14(16-12(13)5)17(6)11(3)4/h7-8,10-11,15H,9H2,1-6H3. The third-order valence-corrected chi connectivity index (χ3v) is 3.02. The maximum atomic E-state index is 4.66. The normalized spacial score (nSPS) is 11.3. The van der Waals surface area contributed by atoms with Gasteiger partial charge in [-0.2, -0.15) is 0 Å². The zero-order valence-electron chi connectivity index (χ0n) is 11.9. The fourth-order valence-electron chi connectivity index (χ4n) is 1.54. The summed E-state index contributed by atoms with van der Waals surface area (Å²) in [5.74, 6) is 1.05. The lowest BCUT2D eigenvalue weighted by molar-refractivity contribution is 0.586. The molecule has 17 heavy (non-hydrogen) atoms. The van der Waals surface area contributed by atoms with E-state index in [1.165, 1.54) is 5.56 Å². The maximum absolute atomic E-state index is 4.66. The molecular weight excluding hydrogens is 210 g/mol. The van der Waals surface area contributed by atoms with Gasteiger partial charge in [0.15, 0.2) is 0 Å². The summed E-state index contributed by atoms with van der Waals surface area (Å²) in [6.45, 7) is 11.6. The van der Waals surface area contributed by atoms with Crippen LogP contribution in [0, 0.1) is 6.92 Å². The van der Waals surface area contributed by atoms with Crippen LogP contribution in [-0.4, -0.2) is 24.1 Å². The first kappa shape index (κ1) is 14.0. The number of pyridine rings is 1. The van der Waals surface area contributed by atoms with E-state index < -0.39 is 0 Å². The number of hydrogen-bond donors (Lipinski definition) is 1. The molecule has 0 amide bonds. The van der Waals surface area contributed by atoms with Crippen LogP contribution >= 0.6 is 0 Å². The minimum Gasteiger partial charge on any atom is -0.357 e. The molecule has 0 unspecified atom stereocenters. The van der Waals surface area contributed by atoms with E-state index >= 15 is 0 Å². The molecule has 0 saturated carbocycles. The minimum atomic E-state index is 0.474. The summed E-state index contributed by atoms with van der Waals surface area (Å²) in [6.07, 6.45) is 0. The Morgan fingerprint density at radius 2 is 1.88 bits per heavy atom. The smallest absolute Gasteiger partial charge is 0.128 e. The molecule has 0 fully saturated rings. The molecule has 1 aromatic heterocycles. The molecular formula is C14H25N3. The van der Waals surface area contributed by atoms with Crippen LogP contribution in [0.5, 0.6) is 0 Å². The monoisotopic (exact) mass is 235 g/mol. The molecule has 0 bridgehead atoms. The van der Waals surface area contributed by atoms with Crippen LogP contribution in [0.1, 0.15) is 39.0 Å². The highest BCUT2D eigenvalue weighted by atomic mass is 15.2. The van der Waals surface area contributed by atoms with Crippen molar-refractivity contribution in [2.75, 3.05) is 11.9 Å². The molecule has 0 radical (unpaired) electrons. The molecule has 0 atom stereocenters. The summed E-state index contributed by atoms with van der Waals surface area (Å²) in [4.78, 5) is 6.85. The van der Waals surface area contributed by atoms with Gasteiger partial charge < -0.3 is 10.2 Å². The Balaban J connectivity index is 2.79. The summed E-state index contributed by atoms with van der Waals surface area (Å²) < 4.78 is 0. The van der Waals surface area contributed by atoms with Crippen molar-refractivity contribution in [3.05, 3.63) is 23.4 Å². The summed E-state index contributed by atoms with van der Waals surface area (Å²) >= 11 is 0. The number of aryl methyl sites for hydroxylation is 1. The van der Waals surface area contributed by atoms with Gasteiger partial charge in [-0.1, -0.05) is 19.9 Å². The third-order valence-electron chi connectivity index (χ3n) is 3.02. The molecule has 0 spiro atoms. The van der Waals surface area contributed by atoms with Crippen molar-refractivity contribution in [1.29, 1.82) is 0 Å². The van der Waals surface area contributed by atoms with E-state index in [1.807, 2.05) is 0 Å². The van der Waals surface area contributed by atoms with Gasteiger partial charge in [0.1, 0.15) is 5.82 Å². The van der Waals surface area contributed by atoms with Gasteiger partial charge in [-0.05, 0) is 32.4 Å². The lowest BCUT2D eigenvalue weighted by atomic mass is 10.2. The first-order chi connectivity index (χ1) is 7.91. The van der Waals surface area contributed by atoms with Crippen LogP contribution in [0.4, 0.5) is 5.82 Å². The van der Waals surface area contributed by atoms with Gasteiger partial charge in [-0.3, -0.25) is 0 Å². The highest BCUT2D eigenvalue weighted by Gasteiger charge is 2.08. The third kappa shape index (κ3) is 4.00. The fourth-order valence-corrected chi connectivity index (χ4v) is 1.54. The molecule has 3 heteroatoms. The summed E-state index contributed by atoms with van der Waals surface area (Å²) in [5.41, 5.74) is 2.39. The van der Waals surface area contributed by atoms with Crippen molar-refractivity contribution < 1.29 is 0 Å². The van der Waals surface area contributed by atoms with Crippen LogP contribution in [0.3, 0.4) is 0 Å². The topological polar surface area (TPSA) is 28.2 Å². The van der Waals surface area contributed by atoms with E-state index in [0.29, 0.717) is 12.1 Å². The van der Waals surface area contributed by atoms with Crippen molar-refractivity contribution in [2.24, 2.45) is 0 Å². The molecule has 3 nitrogen and oxygen atoms in total. The number of anilines is 1. The summed E-state index contributed by atoms with van der Waals surface area (Å²) in [7, 11) is 2.08. The number of hydrogen-bond acceptors (Lipinski definition) is 3. The van der Waals surface area contributed by atoms with Crippen molar-refractivity contribution in [1.82, 2.24) is 10.3 Å². The highest BCUT2D eigenvalue weighted by Crippen LogP contribution is 2.15. The first-order valence-corrected chi connectivity index (χ1v) is 6.34. The Bertz CT molecular complexity index is 358. The molecule has 1 N–H and O–H groups in total. The van der Waals surface area contributed by atoms with E-state index in [4.69, 9.17) is 0 Å². The van der Waals surface area contributed by atoms with E-state index in [0.717, 1.165) is 18.1 Å². The van der Waals surface area contributed by atoms with E-state index in [2.05, 4.69) is 69.0 Å². The van der Waals surface area contributed by atoms with E-state index in [1.54, 1.807) is 0 Å². The predicted molar refractivity (Wildman–Crippen MR) is 74.5 cm³/mol. The molecule has 0 aliphatic heterocycles. The Hall–Kier alpha value is -1.09. The molecule has 96 valence electrons. The average molecular weight is 235 g/mol. The quantitative estimate of drug-likeness (QED) is 0.850. The molecule has 0 aromatic carbocycles. The number of aromatic nitrogens is 1. The number of nitrogens with one attached hydrogen (secondary N) is 1. The van der Waals surface area contributed by atoms with E-state index in [-0.39, 0.29) is 0 Å². The van der Waals surface area contributed by atoms with E-state index in [9.17, 15) is 0 Å². The second kappa shape index (κ2) is 6.01. The van der Waals surface area contributed by atoms with Gasteiger partial charge in [0, 0.05) is 31.4 Å². The summed E-state index contributed by atoms with van der Waals surface area (Å²) in [5, 5.41) is 3.42. The molecule has 1 heterocycles. The molecule has 1 rings (SSSR count). The lowest BCUT2D eigenvalue weighted by Gasteiger charge is -2.23. The average Bonchev–Trinajstić information content (AvgIpc) is 2.26. The van der Waals surface area contributed by atoms with Crippen molar-refractivity contribution in [3.8, 4) is 0 Å². The molecule has 1 aromatic rings.